The fourth-order valence-electron chi connectivity index (χ4n) is 3.58. The molecule has 0 aliphatic heterocycles. The molecule has 1 aliphatic rings. The number of Topliss-reactive ketones (excluding diaryl/α,β-unsaturated/α-hetero) is 1. The summed E-state index contributed by atoms with van der Waals surface area (Å²) in [6.07, 6.45) is 4.44. The molecule has 0 spiro atoms. The van der Waals surface area contributed by atoms with Gasteiger partial charge in [0.2, 0.25) is 0 Å². The van der Waals surface area contributed by atoms with Crippen LogP contribution in [0.25, 0.3) is 12.2 Å². The Bertz CT molecular complexity index is 950. The van der Waals surface area contributed by atoms with Gasteiger partial charge in [0.05, 0.1) is 5.97 Å². The van der Waals surface area contributed by atoms with Crippen LogP contribution in [0, 0.1) is 0 Å². The van der Waals surface area contributed by atoms with Gasteiger partial charge in [-0.3, -0.25) is 4.79 Å². The summed E-state index contributed by atoms with van der Waals surface area (Å²) in [6, 6.07) is 10.8. The molecule has 2 aromatic rings. The highest BCUT2D eigenvalue weighted by molar-refractivity contribution is 9.10. The minimum atomic E-state index is -1.18. The number of carbonyl (C=O) groups is 2. The fourth-order valence-corrected chi connectivity index (χ4v) is 4.05. The first-order chi connectivity index (χ1) is 12.5. The first-order valence-electron chi connectivity index (χ1n) is 8.90. The molecule has 3 rings (SSSR count). The summed E-state index contributed by atoms with van der Waals surface area (Å²) in [7, 11) is 0. The summed E-state index contributed by atoms with van der Waals surface area (Å²) < 4.78 is 0.974. The maximum atomic E-state index is 12.7. The number of ketones is 1. The van der Waals surface area contributed by atoms with Crippen LogP contribution in [0.5, 0.6) is 0 Å². The lowest BCUT2D eigenvalue weighted by molar-refractivity contribution is -0.255. The number of carboxylic acids is 1. The van der Waals surface area contributed by atoms with Gasteiger partial charge < -0.3 is 9.90 Å². The van der Waals surface area contributed by atoms with Gasteiger partial charge in [0, 0.05) is 16.3 Å². The van der Waals surface area contributed by atoms with E-state index in [1.54, 1.807) is 12.1 Å². The predicted octanol–water partition coefficient (Wildman–Crippen LogP) is 4.51. The van der Waals surface area contributed by atoms with Crippen LogP contribution >= 0.6 is 15.9 Å². The van der Waals surface area contributed by atoms with E-state index in [1.807, 2.05) is 26.0 Å². The van der Waals surface area contributed by atoms with Gasteiger partial charge in [-0.2, -0.15) is 0 Å². The first kappa shape index (κ1) is 19.6. The number of halogens is 1. The third kappa shape index (κ3) is 3.63. The average molecular weight is 426 g/mol. The van der Waals surface area contributed by atoms with Crippen LogP contribution in [0.1, 0.15) is 66.7 Å². The summed E-state index contributed by atoms with van der Waals surface area (Å²) in [4.78, 5) is 23.5. The van der Waals surface area contributed by atoms with Crippen molar-refractivity contribution < 1.29 is 14.7 Å². The molecular weight excluding hydrogens is 404 g/mol. The second-order valence-corrected chi connectivity index (χ2v) is 9.13. The van der Waals surface area contributed by atoms with E-state index in [0.29, 0.717) is 6.42 Å². The Morgan fingerprint density at radius 3 is 2.26 bits per heavy atom. The fraction of sp³-hybridized carbons (Fsp3) is 0.304. The smallest absolute Gasteiger partial charge is 0.143 e. The Morgan fingerprint density at radius 1 is 1.04 bits per heavy atom. The van der Waals surface area contributed by atoms with Gasteiger partial charge >= 0.3 is 0 Å². The third-order valence-corrected chi connectivity index (χ3v) is 6.13. The molecule has 0 aromatic heterocycles. The molecule has 0 atom stereocenters. The van der Waals surface area contributed by atoms with Crippen molar-refractivity contribution in [2.45, 2.75) is 44.9 Å². The summed E-state index contributed by atoms with van der Waals surface area (Å²) in [5, 5.41) is 10.8. The molecule has 1 aliphatic carbocycles. The lowest BCUT2D eigenvalue weighted by atomic mass is 9.62. The number of aromatic carboxylic acids is 1. The topological polar surface area (TPSA) is 57.2 Å². The Balaban J connectivity index is 2.02. The quantitative estimate of drug-likeness (QED) is 0.679. The molecule has 27 heavy (non-hydrogen) atoms. The SMILES string of the molecule is CC1(C)CC(=O)C(C)(C)c2cc(/C=C/c3ccc(C(=O)[O-])cc3)c(Br)cc21. The minimum absolute atomic E-state index is 0.157. The Hall–Kier alpha value is -2.20. The molecule has 0 N–H and O–H groups in total. The van der Waals surface area contributed by atoms with Crippen LogP contribution in [-0.4, -0.2) is 11.8 Å². The third-order valence-electron chi connectivity index (χ3n) is 5.44. The van der Waals surface area contributed by atoms with E-state index in [1.165, 1.54) is 17.7 Å². The van der Waals surface area contributed by atoms with E-state index >= 15 is 0 Å². The van der Waals surface area contributed by atoms with Crippen LogP contribution in [-0.2, 0) is 15.6 Å². The van der Waals surface area contributed by atoms with Gasteiger partial charge in [0.1, 0.15) is 5.78 Å². The normalized spacial score (nSPS) is 17.7. The van der Waals surface area contributed by atoms with Crippen molar-refractivity contribution >= 4 is 39.8 Å². The Kier molecular flexibility index (Phi) is 4.89. The summed E-state index contributed by atoms with van der Waals surface area (Å²) >= 11 is 3.66. The van der Waals surface area contributed by atoms with Crippen LogP contribution < -0.4 is 5.11 Å². The van der Waals surface area contributed by atoms with E-state index in [-0.39, 0.29) is 16.8 Å². The molecule has 140 valence electrons. The largest absolute Gasteiger partial charge is 0.545 e. The van der Waals surface area contributed by atoms with E-state index in [2.05, 4.69) is 41.9 Å². The number of carbonyl (C=O) groups excluding carboxylic acids is 2. The molecule has 0 heterocycles. The number of benzene rings is 2. The number of fused-ring (bicyclic) bond motifs is 1. The van der Waals surface area contributed by atoms with Gasteiger partial charge in [0.25, 0.3) is 0 Å². The summed E-state index contributed by atoms with van der Waals surface area (Å²) in [5.41, 5.74) is 3.60. The molecule has 0 saturated carbocycles. The molecule has 4 heteroatoms. The highest BCUT2D eigenvalue weighted by Crippen LogP contribution is 2.45. The second-order valence-electron chi connectivity index (χ2n) is 8.27. The van der Waals surface area contributed by atoms with Crippen molar-refractivity contribution in [3.63, 3.8) is 0 Å². The molecule has 0 bridgehead atoms. The van der Waals surface area contributed by atoms with Crippen molar-refractivity contribution in [3.8, 4) is 0 Å². The zero-order chi connectivity index (χ0) is 20.0. The highest BCUT2D eigenvalue weighted by atomic mass is 79.9. The molecule has 0 saturated heterocycles. The van der Waals surface area contributed by atoms with Crippen LogP contribution in [0.2, 0.25) is 0 Å². The summed E-state index contributed by atoms with van der Waals surface area (Å²) in [6.45, 7) is 8.20. The molecular formula is C23H22BrO3-. The van der Waals surface area contributed by atoms with Crippen molar-refractivity contribution in [1.82, 2.24) is 0 Å². The number of hydrogen-bond acceptors (Lipinski definition) is 3. The zero-order valence-corrected chi connectivity index (χ0v) is 17.5. The Morgan fingerprint density at radius 2 is 1.67 bits per heavy atom. The highest BCUT2D eigenvalue weighted by Gasteiger charge is 2.43. The van der Waals surface area contributed by atoms with Crippen LogP contribution in [0.3, 0.4) is 0 Å². The van der Waals surface area contributed by atoms with Gasteiger partial charge in [-0.25, -0.2) is 0 Å². The van der Waals surface area contributed by atoms with E-state index in [9.17, 15) is 14.7 Å². The maximum Gasteiger partial charge on any atom is 0.143 e. The van der Waals surface area contributed by atoms with Crippen molar-refractivity contribution in [1.29, 1.82) is 0 Å². The molecule has 3 nitrogen and oxygen atoms in total. The second kappa shape index (κ2) is 6.75. The zero-order valence-electron chi connectivity index (χ0n) is 15.9. The lowest BCUT2D eigenvalue weighted by Gasteiger charge is -2.40. The molecule has 2 aromatic carbocycles. The number of carboxylic acid groups (broad SMARTS) is 1. The number of hydrogen-bond donors (Lipinski definition) is 0. The van der Waals surface area contributed by atoms with Gasteiger partial charge in [0.15, 0.2) is 0 Å². The van der Waals surface area contributed by atoms with E-state index in [4.69, 9.17) is 0 Å². The summed E-state index contributed by atoms with van der Waals surface area (Å²) in [5.74, 6) is -0.924. The van der Waals surface area contributed by atoms with Gasteiger partial charge in [-0.05, 0) is 59.2 Å². The van der Waals surface area contributed by atoms with E-state index in [0.717, 1.165) is 21.2 Å². The number of rotatable bonds is 3. The monoisotopic (exact) mass is 425 g/mol. The minimum Gasteiger partial charge on any atom is -0.545 e. The standard InChI is InChI=1S/C23H23BrO3/c1-22(2)13-20(25)23(3,4)18-11-16(19(24)12-17(18)22)10-7-14-5-8-15(9-6-14)21(26)27/h5-12H,13H2,1-4H3,(H,26,27)/p-1/b10-7+. The van der Waals surface area contributed by atoms with E-state index < -0.39 is 11.4 Å². The molecule has 0 unspecified atom stereocenters. The van der Waals surface area contributed by atoms with Crippen LogP contribution in [0.4, 0.5) is 0 Å². The van der Waals surface area contributed by atoms with Crippen molar-refractivity contribution in [2.75, 3.05) is 0 Å². The maximum absolute atomic E-state index is 12.7. The van der Waals surface area contributed by atoms with Crippen molar-refractivity contribution in [2.24, 2.45) is 0 Å². The van der Waals surface area contributed by atoms with Gasteiger partial charge in [-0.1, -0.05) is 66.2 Å². The average Bonchev–Trinajstić information content (AvgIpc) is 2.59. The molecule has 0 amide bonds. The first-order valence-corrected chi connectivity index (χ1v) is 9.69. The lowest BCUT2D eigenvalue weighted by Crippen LogP contribution is -2.42. The van der Waals surface area contributed by atoms with Crippen LogP contribution in [0.15, 0.2) is 40.9 Å². The molecule has 0 radical (unpaired) electrons. The predicted molar refractivity (Wildman–Crippen MR) is 110 cm³/mol. The molecule has 0 fully saturated rings. The van der Waals surface area contributed by atoms with Gasteiger partial charge in [-0.15, -0.1) is 0 Å². The Labute approximate surface area is 168 Å². The van der Waals surface area contributed by atoms with Crippen molar-refractivity contribution in [3.05, 3.63) is 68.7 Å².